The van der Waals surface area contributed by atoms with Gasteiger partial charge in [0.15, 0.2) is 0 Å². The molecule has 1 aliphatic rings. The molecular weight excluding hydrogens is 404 g/mol. The molecule has 0 saturated carbocycles. The number of hydrogen-bond acceptors (Lipinski definition) is 4. The summed E-state index contributed by atoms with van der Waals surface area (Å²) in [6.45, 7) is 3.90. The number of aliphatic carboxylic acids is 1. The predicted molar refractivity (Wildman–Crippen MR) is 115 cm³/mol. The Balaban J connectivity index is 1.73. The van der Waals surface area contributed by atoms with Crippen LogP contribution in [-0.4, -0.2) is 26.8 Å². The van der Waals surface area contributed by atoms with E-state index in [1.54, 1.807) is 29.0 Å². The average Bonchev–Trinajstić information content (AvgIpc) is 3.10. The van der Waals surface area contributed by atoms with E-state index in [2.05, 4.69) is 15.7 Å². The third kappa shape index (κ3) is 3.79. The van der Waals surface area contributed by atoms with E-state index in [-0.39, 0.29) is 17.2 Å². The summed E-state index contributed by atoms with van der Waals surface area (Å²) in [4.78, 5) is 24.6. The van der Waals surface area contributed by atoms with Gasteiger partial charge in [0.1, 0.15) is 17.1 Å². The normalized spacial score (nSPS) is 15.0. The first-order valence-corrected chi connectivity index (χ1v) is 9.64. The molecule has 0 fully saturated rings. The molecule has 30 heavy (non-hydrogen) atoms. The largest absolute Gasteiger partial charge is 0.477 e. The smallest absolute Gasteiger partial charge is 0.352 e. The van der Waals surface area contributed by atoms with Gasteiger partial charge in [0.25, 0.3) is 5.91 Å². The van der Waals surface area contributed by atoms with Gasteiger partial charge in [-0.05, 0) is 60.9 Å². The number of allylic oxidation sites excluding steroid dienone is 1. The molecule has 2 heterocycles. The number of aryl methyl sites for hydroxylation is 2. The molecule has 0 spiro atoms. The summed E-state index contributed by atoms with van der Waals surface area (Å²) < 4.78 is 1.58. The van der Waals surface area contributed by atoms with Gasteiger partial charge in [-0.25, -0.2) is 9.48 Å². The number of nitrogens with one attached hydrogen (secondary N) is 2. The number of halogens is 1. The third-order valence-corrected chi connectivity index (χ3v) is 5.02. The molecule has 0 bridgehead atoms. The molecule has 4 rings (SSSR count). The zero-order valence-corrected chi connectivity index (χ0v) is 17.1. The van der Waals surface area contributed by atoms with Crippen molar-refractivity contribution < 1.29 is 14.7 Å². The monoisotopic (exact) mass is 422 g/mol. The highest BCUT2D eigenvalue weighted by Gasteiger charge is 2.29. The van der Waals surface area contributed by atoms with Gasteiger partial charge in [-0.15, -0.1) is 0 Å². The van der Waals surface area contributed by atoms with Crippen molar-refractivity contribution in [3.8, 4) is 0 Å². The second-order valence-corrected chi connectivity index (χ2v) is 7.63. The predicted octanol–water partition coefficient (Wildman–Crippen LogP) is 4.39. The van der Waals surface area contributed by atoms with Gasteiger partial charge in [-0.1, -0.05) is 29.8 Å². The molecule has 0 radical (unpaired) electrons. The van der Waals surface area contributed by atoms with E-state index in [1.165, 1.54) is 6.20 Å². The van der Waals surface area contributed by atoms with Crippen LogP contribution in [0.1, 0.15) is 33.1 Å². The second-order valence-electron chi connectivity index (χ2n) is 7.19. The van der Waals surface area contributed by atoms with E-state index < -0.39 is 12.0 Å². The van der Waals surface area contributed by atoms with Gasteiger partial charge < -0.3 is 15.7 Å². The molecule has 7 nitrogen and oxygen atoms in total. The first-order chi connectivity index (χ1) is 14.3. The molecule has 1 atom stereocenters. The number of nitrogens with zero attached hydrogens (tertiary/aromatic N) is 2. The Labute approximate surface area is 178 Å². The van der Waals surface area contributed by atoms with Crippen molar-refractivity contribution >= 4 is 35.0 Å². The van der Waals surface area contributed by atoms with Crippen molar-refractivity contribution in [1.29, 1.82) is 0 Å². The van der Waals surface area contributed by atoms with E-state index in [0.29, 0.717) is 16.5 Å². The van der Waals surface area contributed by atoms with Crippen molar-refractivity contribution in [3.05, 3.63) is 87.7 Å². The molecule has 8 heteroatoms. The number of amides is 1. The highest BCUT2D eigenvalue weighted by atomic mass is 35.5. The van der Waals surface area contributed by atoms with Crippen LogP contribution in [0.2, 0.25) is 5.02 Å². The lowest BCUT2D eigenvalue weighted by Gasteiger charge is -2.24. The van der Waals surface area contributed by atoms with Crippen molar-refractivity contribution in [2.45, 2.75) is 19.9 Å². The number of carbonyl (C=O) groups is 2. The molecule has 152 valence electrons. The second kappa shape index (κ2) is 7.68. The molecule has 0 saturated heterocycles. The molecule has 0 unspecified atom stereocenters. The van der Waals surface area contributed by atoms with Crippen LogP contribution in [0.15, 0.2) is 60.4 Å². The van der Waals surface area contributed by atoms with Crippen molar-refractivity contribution in [3.63, 3.8) is 0 Å². The quantitative estimate of drug-likeness (QED) is 0.579. The van der Waals surface area contributed by atoms with Gasteiger partial charge in [-0.3, -0.25) is 4.79 Å². The summed E-state index contributed by atoms with van der Waals surface area (Å²) >= 11 is 6.12. The molecule has 1 aromatic heterocycles. The topological polar surface area (TPSA) is 96.3 Å². The fourth-order valence-electron chi connectivity index (χ4n) is 3.56. The maximum Gasteiger partial charge on any atom is 0.352 e. The van der Waals surface area contributed by atoms with E-state index in [9.17, 15) is 14.7 Å². The van der Waals surface area contributed by atoms with Gasteiger partial charge in [0.05, 0.1) is 12.2 Å². The van der Waals surface area contributed by atoms with E-state index in [0.717, 1.165) is 16.7 Å². The molecule has 3 N–H and O–H groups in total. The number of aromatic nitrogens is 2. The van der Waals surface area contributed by atoms with Crippen molar-refractivity contribution in [2.24, 2.45) is 0 Å². The minimum atomic E-state index is -1.13. The lowest BCUT2D eigenvalue weighted by molar-refractivity contribution is -0.132. The molecule has 3 aromatic rings. The number of anilines is 2. The first-order valence-electron chi connectivity index (χ1n) is 9.26. The molecule has 2 aromatic carbocycles. The van der Waals surface area contributed by atoms with Crippen molar-refractivity contribution in [1.82, 2.24) is 9.78 Å². The van der Waals surface area contributed by atoms with Crippen LogP contribution < -0.4 is 10.6 Å². The lowest BCUT2D eigenvalue weighted by Crippen LogP contribution is -2.25. The van der Waals surface area contributed by atoms with Crippen LogP contribution in [0.4, 0.5) is 11.5 Å². The maximum absolute atomic E-state index is 13.0. The summed E-state index contributed by atoms with van der Waals surface area (Å²) in [6, 6.07) is 12.3. The molecule has 1 aliphatic heterocycles. The number of carboxylic acid groups (broad SMARTS) is 1. The van der Waals surface area contributed by atoms with Crippen LogP contribution in [0.3, 0.4) is 0 Å². The number of hydrogen-bond donors (Lipinski definition) is 3. The Morgan fingerprint density at radius 2 is 1.90 bits per heavy atom. The summed E-state index contributed by atoms with van der Waals surface area (Å²) in [7, 11) is 0. The Kier molecular flexibility index (Phi) is 5.05. The fraction of sp³-hybridized carbons (Fsp3) is 0.136. The first kappa shape index (κ1) is 19.7. The maximum atomic E-state index is 13.0. The molecule has 1 amide bonds. The minimum absolute atomic E-state index is 0.0339. The third-order valence-electron chi connectivity index (χ3n) is 4.78. The number of carboxylic acids is 1. The summed E-state index contributed by atoms with van der Waals surface area (Å²) in [5.74, 6) is -1.21. The van der Waals surface area contributed by atoms with Crippen LogP contribution in [-0.2, 0) is 4.79 Å². The van der Waals surface area contributed by atoms with E-state index >= 15 is 0 Å². The fourth-order valence-corrected chi connectivity index (χ4v) is 3.76. The summed E-state index contributed by atoms with van der Waals surface area (Å²) in [6.07, 6.45) is 2.97. The highest BCUT2D eigenvalue weighted by Crippen LogP contribution is 2.33. The number of carbonyl (C=O) groups excluding carboxylic acids is 1. The highest BCUT2D eigenvalue weighted by molar-refractivity contribution is 6.30. The SMILES string of the molecule is Cc1cc(C)cc(NC(=O)c2cnn3c2NC(C(=O)O)=C[C@@H]3c2cccc(Cl)c2)c1. The zero-order chi connectivity index (χ0) is 21.4. The zero-order valence-electron chi connectivity index (χ0n) is 16.3. The van der Waals surface area contributed by atoms with E-state index in [1.807, 2.05) is 38.1 Å². The number of benzene rings is 2. The summed E-state index contributed by atoms with van der Waals surface area (Å²) in [5.41, 5.74) is 3.68. The standard InChI is InChI=1S/C22H19ClN4O3/c1-12-6-13(2)8-16(7-12)25-21(28)17-11-24-27-19(14-4-3-5-15(23)9-14)10-18(22(29)30)26-20(17)27/h3-11,19,26H,1-2H3,(H,25,28)(H,29,30)/t19-/m1/s1. The van der Waals surface area contributed by atoms with Gasteiger partial charge in [0, 0.05) is 10.7 Å². The molecule has 0 aliphatic carbocycles. The lowest BCUT2D eigenvalue weighted by atomic mass is 10.0. The van der Waals surface area contributed by atoms with Crippen LogP contribution >= 0.6 is 11.6 Å². The van der Waals surface area contributed by atoms with E-state index in [4.69, 9.17) is 11.6 Å². The molecular formula is C22H19ClN4O3. The van der Waals surface area contributed by atoms with Gasteiger partial charge >= 0.3 is 5.97 Å². The number of fused-ring (bicyclic) bond motifs is 1. The Morgan fingerprint density at radius 1 is 1.17 bits per heavy atom. The Bertz CT molecular complexity index is 1180. The van der Waals surface area contributed by atoms with Crippen LogP contribution in [0, 0.1) is 13.8 Å². The summed E-state index contributed by atoms with van der Waals surface area (Å²) in [5, 5.41) is 20.1. The van der Waals surface area contributed by atoms with Crippen molar-refractivity contribution in [2.75, 3.05) is 10.6 Å². The Hall–Kier alpha value is -3.58. The van der Waals surface area contributed by atoms with Gasteiger partial charge in [-0.2, -0.15) is 5.10 Å². The van der Waals surface area contributed by atoms with Gasteiger partial charge in [0.2, 0.25) is 0 Å². The Morgan fingerprint density at radius 3 is 2.57 bits per heavy atom. The van der Waals surface area contributed by atoms with Crippen LogP contribution in [0.5, 0.6) is 0 Å². The van der Waals surface area contributed by atoms with Crippen LogP contribution in [0.25, 0.3) is 0 Å². The minimum Gasteiger partial charge on any atom is -0.477 e. The number of rotatable bonds is 4. The average molecular weight is 423 g/mol.